The number of carbonyl (C=O) groups is 1. The van der Waals surface area contributed by atoms with E-state index in [0.717, 1.165) is 13.1 Å². The van der Waals surface area contributed by atoms with E-state index in [-0.39, 0.29) is 22.7 Å². The van der Waals surface area contributed by atoms with E-state index in [2.05, 4.69) is 15.4 Å². The highest BCUT2D eigenvalue weighted by Gasteiger charge is 2.25. The maximum absolute atomic E-state index is 11.6. The van der Waals surface area contributed by atoms with E-state index in [1.807, 2.05) is 0 Å². The van der Waals surface area contributed by atoms with Gasteiger partial charge in [0.05, 0.1) is 24.7 Å². The molecule has 0 saturated carbocycles. The van der Waals surface area contributed by atoms with Gasteiger partial charge in [0.2, 0.25) is 0 Å². The number of nitrogens with one attached hydrogen (secondary N) is 2. The first-order valence-corrected chi connectivity index (χ1v) is 6.46. The molecule has 0 spiro atoms. The first-order valence-electron chi connectivity index (χ1n) is 6.46. The summed E-state index contributed by atoms with van der Waals surface area (Å²) in [4.78, 5) is 22.2. The lowest BCUT2D eigenvalue weighted by Gasteiger charge is -2.27. The van der Waals surface area contributed by atoms with Crippen molar-refractivity contribution in [2.24, 2.45) is 5.92 Å². The summed E-state index contributed by atoms with van der Waals surface area (Å²) in [7, 11) is 2.62. The Bertz CT molecular complexity index is 557. The monoisotopic (exact) mass is 295 g/mol. The second-order valence-electron chi connectivity index (χ2n) is 4.73. The Labute approximate surface area is 121 Å². The van der Waals surface area contributed by atoms with Gasteiger partial charge in [0.1, 0.15) is 5.75 Å². The number of esters is 1. The molecule has 1 fully saturated rings. The van der Waals surface area contributed by atoms with Crippen LogP contribution in [0.4, 0.5) is 11.4 Å². The predicted octanol–water partition coefficient (Wildman–Crippen LogP) is 1.02. The normalized spacial score (nSPS) is 14.2. The molecule has 8 heteroatoms. The van der Waals surface area contributed by atoms with E-state index >= 15 is 0 Å². The number of hydrogen-bond donors (Lipinski definition) is 2. The third-order valence-corrected chi connectivity index (χ3v) is 3.35. The van der Waals surface area contributed by atoms with Crippen LogP contribution in [0.3, 0.4) is 0 Å². The van der Waals surface area contributed by atoms with Gasteiger partial charge in [0.25, 0.3) is 5.69 Å². The number of nitro groups is 1. The van der Waals surface area contributed by atoms with Gasteiger partial charge >= 0.3 is 5.97 Å². The molecule has 1 saturated heterocycles. The first-order chi connectivity index (χ1) is 10.1. The van der Waals surface area contributed by atoms with Gasteiger partial charge in [0, 0.05) is 31.6 Å². The topological polar surface area (TPSA) is 103 Å². The highest BCUT2D eigenvalue weighted by Crippen LogP contribution is 2.36. The number of carbonyl (C=O) groups excluding carboxylic acids is 1. The molecule has 0 aliphatic carbocycles. The Balaban J connectivity index is 2.34. The van der Waals surface area contributed by atoms with E-state index in [1.54, 1.807) is 0 Å². The lowest BCUT2D eigenvalue weighted by atomic mass is 10.0. The molecular weight excluding hydrogens is 278 g/mol. The summed E-state index contributed by atoms with van der Waals surface area (Å²) in [6.45, 7) is 2.36. The Morgan fingerprint density at radius 3 is 2.67 bits per heavy atom. The molecule has 0 bridgehead atoms. The molecule has 1 aromatic rings. The maximum atomic E-state index is 11.6. The summed E-state index contributed by atoms with van der Waals surface area (Å²) in [5, 5.41) is 17.4. The van der Waals surface area contributed by atoms with Crippen LogP contribution in [0.15, 0.2) is 12.1 Å². The molecule has 0 amide bonds. The van der Waals surface area contributed by atoms with Crippen LogP contribution in [0.1, 0.15) is 10.4 Å². The highest BCUT2D eigenvalue weighted by molar-refractivity contribution is 5.92. The Kier molecular flexibility index (Phi) is 4.59. The van der Waals surface area contributed by atoms with Crippen molar-refractivity contribution < 1.29 is 19.2 Å². The summed E-state index contributed by atoms with van der Waals surface area (Å²) >= 11 is 0. The van der Waals surface area contributed by atoms with Crippen LogP contribution >= 0.6 is 0 Å². The summed E-state index contributed by atoms with van der Waals surface area (Å²) in [6.07, 6.45) is 0. The number of nitro benzene ring substituents is 1. The third-order valence-electron chi connectivity index (χ3n) is 3.35. The van der Waals surface area contributed by atoms with E-state index in [9.17, 15) is 14.9 Å². The van der Waals surface area contributed by atoms with Crippen LogP contribution in [0.5, 0.6) is 5.75 Å². The lowest BCUT2D eigenvalue weighted by Crippen LogP contribution is -2.45. The van der Waals surface area contributed by atoms with Gasteiger partial charge in [-0.2, -0.15) is 0 Å². The molecule has 8 nitrogen and oxygen atoms in total. The van der Waals surface area contributed by atoms with Crippen molar-refractivity contribution in [2.45, 2.75) is 0 Å². The molecule has 2 rings (SSSR count). The largest absolute Gasteiger partial charge is 0.494 e. The quantitative estimate of drug-likeness (QED) is 0.459. The zero-order chi connectivity index (χ0) is 15.4. The Morgan fingerprint density at radius 2 is 2.19 bits per heavy atom. The number of rotatable bonds is 6. The standard InChI is InChI=1S/C13H17N3O5/c1-20-11-4-9(13(17)21-2)3-10(16(18)19)12(11)15-7-8-5-14-6-8/h3-4,8,14-15H,5-7H2,1-2H3. The highest BCUT2D eigenvalue weighted by atomic mass is 16.6. The molecule has 1 aromatic carbocycles. The molecule has 0 aromatic heterocycles. The fraction of sp³-hybridized carbons (Fsp3) is 0.462. The summed E-state index contributed by atoms with van der Waals surface area (Å²) in [6, 6.07) is 2.62. The third kappa shape index (κ3) is 3.22. The zero-order valence-electron chi connectivity index (χ0n) is 11.8. The van der Waals surface area contributed by atoms with Gasteiger partial charge in [-0.05, 0) is 6.07 Å². The van der Waals surface area contributed by atoms with Crippen molar-refractivity contribution in [2.75, 3.05) is 39.2 Å². The van der Waals surface area contributed by atoms with Crippen LogP contribution < -0.4 is 15.4 Å². The molecule has 0 radical (unpaired) electrons. The van der Waals surface area contributed by atoms with Crippen molar-refractivity contribution in [3.05, 3.63) is 27.8 Å². The fourth-order valence-corrected chi connectivity index (χ4v) is 2.06. The van der Waals surface area contributed by atoms with E-state index in [1.165, 1.54) is 26.4 Å². The average molecular weight is 295 g/mol. The molecule has 1 heterocycles. The second-order valence-corrected chi connectivity index (χ2v) is 4.73. The van der Waals surface area contributed by atoms with Gasteiger partial charge < -0.3 is 20.1 Å². The summed E-state index contributed by atoms with van der Waals surface area (Å²) < 4.78 is 9.75. The molecule has 2 N–H and O–H groups in total. The number of methoxy groups -OCH3 is 2. The molecule has 1 aliphatic rings. The molecule has 114 valence electrons. The van der Waals surface area contributed by atoms with Gasteiger partial charge in [0.15, 0.2) is 5.69 Å². The van der Waals surface area contributed by atoms with Crippen molar-refractivity contribution in [3.8, 4) is 5.75 Å². The van der Waals surface area contributed by atoms with E-state index in [4.69, 9.17) is 4.74 Å². The first kappa shape index (κ1) is 15.0. The predicted molar refractivity (Wildman–Crippen MR) is 75.8 cm³/mol. The minimum Gasteiger partial charge on any atom is -0.494 e. The van der Waals surface area contributed by atoms with Crippen LogP contribution in [0.25, 0.3) is 0 Å². The van der Waals surface area contributed by atoms with Gasteiger partial charge in [-0.25, -0.2) is 4.79 Å². The van der Waals surface area contributed by atoms with Crippen molar-refractivity contribution in [1.82, 2.24) is 5.32 Å². The molecule has 1 aliphatic heterocycles. The Morgan fingerprint density at radius 1 is 1.48 bits per heavy atom. The van der Waals surface area contributed by atoms with E-state index in [0.29, 0.717) is 12.5 Å². The van der Waals surface area contributed by atoms with E-state index < -0.39 is 10.9 Å². The van der Waals surface area contributed by atoms with Crippen molar-refractivity contribution in [1.29, 1.82) is 0 Å². The SMILES string of the molecule is COC(=O)c1cc(OC)c(NCC2CNC2)c([N+](=O)[O-])c1. The molecule has 0 unspecified atom stereocenters. The van der Waals surface area contributed by atoms with Crippen LogP contribution in [0, 0.1) is 16.0 Å². The number of nitrogens with zero attached hydrogens (tertiary/aromatic N) is 1. The summed E-state index contributed by atoms with van der Waals surface area (Å²) in [5.74, 6) is 0.0256. The average Bonchev–Trinajstić information content (AvgIpc) is 2.44. The van der Waals surface area contributed by atoms with Crippen LogP contribution in [0.2, 0.25) is 0 Å². The van der Waals surface area contributed by atoms with Crippen LogP contribution in [-0.2, 0) is 4.74 Å². The molecular formula is C13H17N3O5. The van der Waals surface area contributed by atoms with Gasteiger partial charge in [-0.1, -0.05) is 0 Å². The smallest absolute Gasteiger partial charge is 0.338 e. The maximum Gasteiger partial charge on any atom is 0.338 e. The number of benzene rings is 1. The second kappa shape index (κ2) is 6.40. The number of ether oxygens (including phenoxy) is 2. The number of hydrogen-bond acceptors (Lipinski definition) is 7. The van der Waals surface area contributed by atoms with Crippen LogP contribution in [-0.4, -0.2) is 44.7 Å². The fourth-order valence-electron chi connectivity index (χ4n) is 2.06. The number of anilines is 1. The molecule has 21 heavy (non-hydrogen) atoms. The zero-order valence-corrected chi connectivity index (χ0v) is 11.8. The Hall–Kier alpha value is -2.35. The lowest BCUT2D eigenvalue weighted by molar-refractivity contribution is -0.384. The van der Waals surface area contributed by atoms with Crippen molar-refractivity contribution in [3.63, 3.8) is 0 Å². The minimum absolute atomic E-state index is 0.0805. The van der Waals surface area contributed by atoms with Gasteiger partial charge in [-0.15, -0.1) is 0 Å². The summed E-state index contributed by atoms with van der Waals surface area (Å²) in [5.41, 5.74) is 0.154. The van der Waals surface area contributed by atoms with Crippen molar-refractivity contribution >= 4 is 17.3 Å². The minimum atomic E-state index is -0.647. The van der Waals surface area contributed by atoms with Gasteiger partial charge in [-0.3, -0.25) is 10.1 Å². The molecule has 0 atom stereocenters.